The van der Waals surface area contributed by atoms with Gasteiger partial charge in [-0.3, -0.25) is 9.59 Å². The molecule has 27 heavy (non-hydrogen) atoms. The number of fused-ring (bicyclic) bond motifs is 2. The van der Waals surface area contributed by atoms with E-state index in [0.717, 1.165) is 18.4 Å². The number of carbonyl (C=O) groups excluding carboxylic acids is 2. The molecule has 0 spiro atoms. The molecule has 142 valence electrons. The standard InChI is InChI=1S/C20H23N3O3S/c1-2-26-18(25)20(10-13-6-4-3-5-7-13)11-14-8-9-16(20)23(14)17(24)15-12-22-19(21)27-15/h3-7,12,14,16H,2,8-11H2,1H3,(H2,21,22)/t14-,16+,20+/m1/s1. The Labute approximate surface area is 162 Å². The van der Waals surface area contributed by atoms with Crippen molar-refractivity contribution in [1.82, 2.24) is 9.88 Å². The number of nitrogen functional groups attached to an aromatic ring is 1. The highest BCUT2D eigenvalue weighted by atomic mass is 32.1. The maximum absolute atomic E-state index is 13.1. The van der Waals surface area contributed by atoms with Crippen LogP contribution in [0.25, 0.3) is 0 Å². The number of hydrogen-bond donors (Lipinski definition) is 1. The molecule has 3 heterocycles. The molecule has 0 aliphatic carbocycles. The molecule has 2 aliphatic heterocycles. The van der Waals surface area contributed by atoms with Crippen LogP contribution in [-0.4, -0.2) is 40.5 Å². The van der Waals surface area contributed by atoms with Gasteiger partial charge < -0.3 is 15.4 Å². The van der Waals surface area contributed by atoms with Crippen LogP contribution in [-0.2, 0) is 16.0 Å². The van der Waals surface area contributed by atoms with Crippen molar-refractivity contribution >= 4 is 28.3 Å². The first-order chi connectivity index (χ1) is 13.0. The van der Waals surface area contributed by atoms with Gasteiger partial charge in [0.25, 0.3) is 5.91 Å². The molecule has 6 nitrogen and oxygen atoms in total. The van der Waals surface area contributed by atoms with E-state index in [4.69, 9.17) is 10.5 Å². The Bertz CT molecular complexity index is 853. The fraction of sp³-hybridized carbons (Fsp3) is 0.450. The van der Waals surface area contributed by atoms with E-state index in [1.165, 1.54) is 17.5 Å². The van der Waals surface area contributed by atoms with Gasteiger partial charge in [0.05, 0.1) is 18.2 Å². The molecule has 2 N–H and O–H groups in total. The third-order valence-electron chi connectivity index (χ3n) is 5.75. The summed E-state index contributed by atoms with van der Waals surface area (Å²) in [7, 11) is 0. The first kappa shape index (κ1) is 18.0. The van der Waals surface area contributed by atoms with Crippen molar-refractivity contribution in [2.75, 3.05) is 12.3 Å². The lowest BCUT2D eigenvalue weighted by Gasteiger charge is -2.35. The van der Waals surface area contributed by atoms with Crippen LogP contribution in [0.15, 0.2) is 36.5 Å². The monoisotopic (exact) mass is 385 g/mol. The molecule has 2 fully saturated rings. The topological polar surface area (TPSA) is 85.5 Å². The predicted molar refractivity (Wildman–Crippen MR) is 103 cm³/mol. The van der Waals surface area contributed by atoms with E-state index in [9.17, 15) is 9.59 Å². The second-order valence-corrected chi connectivity index (χ2v) is 8.33. The number of amides is 1. The van der Waals surface area contributed by atoms with Gasteiger partial charge in [0.1, 0.15) is 4.88 Å². The number of anilines is 1. The summed E-state index contributed by atoms with van der Waals surface area (Å²) < 4.78 is 5.49. The zero-order valence-electron chi connectivity index (χ0n) is 15.3. The van der Waals surface area contributed by atoms with Crippen molar-refractivity contribution < 1.29 is 14.3 Å². The summed E-state index contributed by atoms with van der Waals surface area (Å²) in [5.74, 6) is -0.265. The summed E-state index contributed by atoms with van der Waals surface area (Å²) in [6, 6.07) is 9.88. The minimum Gasteiger partial charge on any atom is -0.465 e. The van der Waals surface area contributed by atoms with Crippen LogP contribution in [0.1, 0.15) is 41.4 Å². The van der Waals surface area contributed by atoms with E-state index in [2.05, 4.69) is 4.98 Å². The van der Waals surface area contributed by atoms with Crippen LogP contribution in [0.5, 0.6) is 0 Å². The molecule has 0 radical (unpaired) electrons. The summed E-state index contributed by atoms with van der Waals surface area (Å²) in [6.45, 7) is 2.16. The number of ether oxygens (including phenoxy) is 1. The van der Waals surface area contributed by atoms with E-state index < -0.39 is 5.41 Å². The van der Waals surface area contributed by atoms with Gasteiger partial charge in [0.2, 0.25) is 0 Å². The SMILES string of the molecule is CCOC(=O)[C@@]1(Cc2ccccc2)C[C@H]2CC[C@@H]1N2C(=O)c1cnc(N)s1. The highest BCUT2D eigenvalue weighted by Gasteiger charge is 2.62. The van der Waals surface area contributed by atoms with Crippen molar-refractivity contribution in [2.24, 2.45) is 5.41 Å². The van der Waals surface area contributed by atoms with Gasteiger partial charge in [-0.1, -0.05) is 41.7 Å². The molecule has 2 saturated heterocycles. The Morgan fingerprint density at radius 1 is 1.33 bits per heavy atom. The average molecular weight is 385 g/mol. The van der Waals surface area contributed by atoms with Crippen LogP contribution in [0.4, 0.5) is 5.13 Å². The number of benzene rings is 1. The molecule has 4 rings (SSSR count). The summed E-state index contributed by atoms with van der Waals surface area (Å²) in [4.78, 5) is 32.6. The van der Waals surface area contributed by atoms with Crippen LogP contribution in [0.3, 0.4) is 0 Å². The molecule has 0 saturated carbocycles. The second kappa shape index (κ2) is 6.96. The maximum Gasteiger partial charge on any atom is 0.314 e. The van der Waals surface area contributed by atoms with Gasteiger partial charge >= 0.3 is 5.97 Å². The van der Waals surface area contributed by atoms with Gasteiger partial charge in [-0.25, -0.2) is 4.98 Å². The smallest absolute Gasteiger partial charge is 0.314 e. The van der Waals surface area contributed by atoms with Gasteiger partial charge in [-0.2, -0.15) is 0 Å². The maximum atomic E-state index is 13.1. The minimum atomic E-state index is -0.688. The summed E-state index contributed by atoms with van der Waals surface area (Å²) in [5, 5.41) is 0.380. The van der Waals surface area contributed by atoms with Crippen LogP contribution < -0.4 is 5.73 Å². The van der Waals surface area contributed by atoms with Gasteiger partial charge in [0, 0.05) is 12.1 Å². The molecular formula is C20H23N3O3S. The Morgan fingerprint density at radius 3 is 2.78 bits per heavy atom. The lowest BCUT2D eigenvalue weighted by Crippen LogP contribution is -2.47. The Hall–Kier alpha value is -2.41. The van der Waals surface area contributed by atoms with Crippen LogP contribution >= 0.6 is 11.3 Å². The number of hydrogen-bond acceptors (Lipinski definition) is 6. The molecule has 3 atom stereocenters. The number of nitrogens with zero attached hydrogens (tertiary/aromatic N) is 2. The Kier molecular flexibility index (Phi) is 4.63. The summed E-state index contributed by atoms with van der Waals surface area (Å²) >= 11 is 1.20. The van der Waals surface area contributed by atoms with Crippen molar-refractivity contribution in [3.63, 3.8) is 0 Å². The average Bonchev–Trinajstić information content (AvgIpc) is 3.36. The van der Waals surface area contributed by atoms with Gasteiger partial charge in [0.15, 0.2) is 5.13 Å². The van der Waals surface area contributed by atoms with Crippen molar-refractivity contribution in [3.8, 4) is 0 Å². The number of aromatic nitrogens is 1. The van der Waals surface area contributed by atoms with Crippen LogP contribution in [0, 0.1) is 5.41 Å². The molecule has 7 heteroatoms. The fourth-order valence-corrected chi connectivity index (χ4v) is 5.35. The first-order valence-corrected chi connectivity index (χ1v) is 10.1. The number of thiazole rings is 1. The lowest BCUT2D eigenvalue weighted by atomic mass is 9.70. The van der Waals surface area contributed by atoms with E-state index in [1.54, 1.807) is 0 Å². The second-order valence-electron chi connectivity index (χ2n) is 7.27. The van der Waals surface area contributed by atoms with Crippen molar-refractivity contribution in [2.45, 2.75) is 44.7 Å². The number of nitrogens with two attached hydrogens (primary N) is 1. The quantitative estimate of drug-likeness (QED) is 0.800. The third-order valence-corrected chi connectivity index (χ3v) is 6.57. The van der Waals surface area contributed by atoms with E-state index in [0.29, 0.717) is 29.5 Å². The number of esters is 1. The normalized spacial score (nSPS) is 26.3. The number of rotatable bonds is 5. The van der Waals surface area contributed by atoms with E-state index in [-0.39, 0.29) is 24.0 Å². The third kappa shape index (κ3) is 3.00. The van der Waals surface area contributed by atoms with Crippen molar-refractivity contribution in [1.29, 1.82) is 0 Å². The summed E-state index contributed by atoms with van der Waals surface area (Å²) in [6.07, 6.45) is 4.49. The highest BCUT2D eigenvalue weighted by Crippen LogP contribution is 2.53. The molecule has 2 aliphatic rings. The van der Waals surface area contributed by atoms with Gasteiger partial charge in [-0.05, 0) is 38.2 Å². The number of carbonyl (C=O) groups is 2. The summed E-state index contributed by atoms with van der Waals surface area (Å²) in [5.41, 5.74) is 6.11. The molecule has 2 aromatic rings. The zero-order valence-corrected chi connectivity index (χ0v) is 16.1. The zero-order chi connectivity index (χ0) is 19.0. The lowest BCUT2D eigenvalue weighted by molar-refractivity contribution is -0.157. The molecule has 0 unspecified atom stereocenters. The largest absolute Gasteiger partial charge is 0.465 e. The first-order valence-electron chi connectivity index (χ1n) is 9.30. The predicted octanol–water partition coefficient (Wildman–Crippen LogP) is 2.89. The molecule has 1 amide bonds. The fourth-order valence-electron chi connectivity index (χ4n) is 4.72. The minimum absolute atomic E-state index is 0.0546. The molecule has 2 bridgehead atoms. The molecule has 1 aromatic carbocycles. The van der Waals surface area contributed by atoms with E-state index >= 15 is 0 Å². The molecular weight excluding hydrogens is 362 g/mol. The van der Waals surface area contributed by atoms with E-state index in [1.807, 2.05) is 42.2 Å². The van der Waals surface area contributed by atoms with Crippen LogP contribution in [0.2, 0.25) is 0 Å². The van der Waals surface area contributed by atoms with Gasteiger partial charge in [-0.15, -0.1) is 0 Å². The highest BCUT2D eigenvalue weighted by molar-refractivity contribution is 7.17. The Morgan fingerprint density at radius 2 is 2.11 bits per heavy atom. The molecule has 1 aromatic heterocycles. The van der Waals surface area contributed by atoms with Crippen molar-refractivity contribution in [3.05, 3.63) is 47.0 Å². The Balaban J connectivity index is 1.68.